The van der Waals surface area contributed by atoms with Gasteiger partial charge in [-0.15, -0.1) is 0 Å². The maximum Gasteiger partial charge on any atom is 0.240 e. The smallest absolute Gasteiger partial charge is 0.240 e. The molecule has 39 heavy (non-hydrogen) atoms. The summed E-state index contributed by atoms with van der Waals surface area (Å²) < 4.78 is 5.37. The Balaban J connectivity index is 1.18. The van der Waals surface area contributed by atoms with Crippen LogP contribution in [0.2, 0.25) is 0 Å². The zero-order valence-corrected chi connectivity index (χ0v) is 24.7. The molecule has 216 valence electrons. The largest absolute Gasteiger partial charge is 0.496 e. The summed E-state index contributed by atoms with van der Waals surface area (Å²) in [5, 5.41) is 26.0. The van der Waals surface area contributed by atoms with E-state index >= 15 is 0 Å². The van der Waals surface area contributed by atoms with E-state index in [2.05, 4.69) is 31.3 Å². The number of amides is 1. The summed E-state index contributed by atoms with van der Waals surface area (Å²) in [7, 11) is 1.65. The highest BCUT2D eigenvalue weighted by molar-refractivity contribution is 5.83. The minimum atomic E-state index is -0.241. The summed E-state index contributed by atoms with van der Waals surface area (Å²) in [5.41, 5.74) is 5.16. The number of hydrogen-bond acceptors (Lipinski definition) is 5. The van der Waals surface area contributed by atoms with E-state index in [-0.39, 0.29) is 28.9 Å². The number of aliphatic hydroxyl groups is 2. The maximum absolute atomic E-state index is 12.6. The quantitative estimate of drug-likeness (QED) is 0.300. The fourth-order valence-corrected chi connectivity index (χ4v) is 9.89. The third kappa shape index (κ3) is 5.28. The standard InChI is InChI=1S/C33H50N2O4/c1-20(7-11-30(38)35-34-19-22-8-6-21(2)29(16-22)39-5)25-9-10-26-31-27(13-15-33(25,26)4)32(3)14-12-24(36)17-23(32)18-28(31)37/h6,8,16,19-20,23-28,31,36-37H,7,9-15,17-18H2,1-5H3,(H,35,38). The second kappa shape index (κ2) is 11.2. The van der Waals surface area contributed by atoms with E-state index in [0.717, 1.165) is 49.0 Å². The molecule has 6 heteroatoms. The number of nitrogens with zero attached hydrogens (tertiary/aromatic N) is 1. The van der Waals surface area contributed by atoms with Gasteiger partial charge in [-0.25, -0.2) is 5.43 Å². The average Bonchev–Trinajstić information content (AvgIpc) is 3.26. The van der Waals surface area contributed by atoms with Crippen molar-refractivity contribution in [2.75, 3.05) is 7.11 Å². The van der Waals surface area contributed by atoms with Crippen LogP contribution in [0.4, 0.5) is 0 Å². The van der Waals surface area contributed by atoms with Gasteiger partial charge in [0.05, 0.1) is 25.5 Å². The molecular formula is C33H50N2O4. The van der Waals surface area contributed by atoms with E-state index < -0.39 is 0 Å². The fourth-order valence-electron chi connectivity index (χ4n) is 9.89. The second-order valence-corrected chi connectivity index (χ2v) is 14.0. The molecule has 6 nitrogen and oxygen atoms in total. The molecule has 4 aliphatic rings. The van der Waals surface area contributed by atoms with Gasteiger partial charge < -0.3 is 14.9 Å². The van der Waals surface area contributed by atoms with Crippen molar-refractivity contribution in [3.05, 3.63) is 29.3 Å². The lowest BCUT2D eigenvalue weighted by molar-refractivity contribution is -0.174. The van der Waals surface area contributed by atoms with Gasteiger partial charge in [0.25, 0.3) is 0 Å². The van der Waals surface area contributed by atoms with Crippen molar-refractivity contribution in [2.45, 2.75) is 104 Å². The SMILES string of the molecule is COc1cc(C=NNC(=O)CCC(C)C2CCC3C4C(O)CC5CC(O)CCC5(C)C4CCC23C)ccc1C. The van der Waals surface area contributed by atoms with Crippen LogP contribution in [0.1, 0.15) is 96.1 Å². The highest BCUT2D eigenvalue weighted by Gasteiger charge is 2.62. The van der Waals surface area contributed by atoms with Crippen molar-refractivity contribution in [3.8, 4) is 5.75 Å². The molecule has 1 aromatic carbocycles. The molecule has 4 saturated carbocycles. The first-order chi connectivity index (χ1) is 18.6. The van der Waals surface area contributed by atoms with Crippen molar-refractivity contribution < 1.29 is 19.7 Å². The first-order valence-corrected chi connectivity index (χ1v) is 15.4. The van der Waals surface area contributed by atoms with Crippen LogP contribution >= 0.6 is 0 Å². The molecule has 0 radical (unpaired) electrons. The number of rotatable bonds is 7. The number of aryl methyl sites for hydroxylation is 1. The monoisotopic (exact) mass is 538 g/mol. The van der Waals surface area contributed by atoms with E-state index in [0.29, 0.717) is 41.9 Å². The van der Waals surface area contributed by atoms with Gasteiger partial charge in [0.2, 0.25) is 5.91 Å². The molecule has 0 heterocycles. The zero-order valence-electron chi connectivity index (χ0n) is 24.7. The van der Waals surface area contributed by atoms with Crippen LogP contribution in [0, 0.1) is 53.3 Å². The maximum atomic E-state index is 12.6. The van der Waals surface area contributed by atoms with Gasteiger partial charge >= 0.3 is 0 Å². The number of hydrogen-bond donors (Lipinski definition) is 3. The summed E-state index contributed by atoms with van der Waals surface area (Å²) in [6, 6.07) is 5.86. The number of carbonyl (C=O) groups excluding carboxylic acids is 1. The lowest BCUT2D eigenvalue weighted by Crippen LogP contribution is -2.58. The third-order valence-corrected chi connectivity index (χ3v) is 12.1. The number of aliphatic hydroxyl groups excluding tert-OH is 2. The molecule has 3 N–H and O–H groups in total. The molecule has 5 rings (SSSR count). The zero-order chi connectivity index (χ0) is 27.9. The van der Waals surface area contributed by atoms with Crippen LogP contribution in [-0.4, -0.2) is 41.7 Å². The van der Waals surface area contributed by atoms with Crippen molar-refractivity contribution >= 4 is 12.1 Å². The minimum absolute atomic E-state index is 0.0401. The summed E-state index contributed by atoms with van der Waals surface area (Å²) in [6.07, 6.45) is 11.1. The van der Waals surface area contributed by atoms with Gasteiger partial charge in [0.1, 0.15) is 5.75 Å². The van der Waals surface area contributed by atoms with Gasteiger partial charge in [0.15, 0.2) is 0 Å². The molecule has 1 amide bonds. The van der Waals surface area contributed by atoms with E-state index in [1.54, 1.807) is 13.3 Å². The second-order valence-electron chi connectivity index (χ2n) is 14.0. The Morgan fingerprint density at radius 3 is 2.64 bits per heavy atom. The first kappa shape index (κ1) is 28.6. The number of hydrazone groups is 1. The summed E-state index contributed by atoms with van der Waals surface area (Å²) >= 11 is 0. The number of ether oxygens (including phenoxy) is 1. The average molecular weight is 539 g/mol. The Kier molecular flexibility index (Phi) is 8.18. The summed E-state index contributed by atoms with van der Waals surface area (Å²) in [6.45, 7) is 9.29. The van der Waals surface area contributed by atoms with E-state index in [4.69, 9.17) is 4.74 Å². The Hall–Kier alpha value is -1.92. The molecule has 10 unspecified atom stereocenters. The first-order valence-electron chi connectivity index (χ1n) is 15.4. The van der Waals surface area contributed by atoms with Crippen LogP contribution in [0.5, 0.6) is 5.75 Å². The highest BCUT2D eigenvalue weighted by atomic mass is 16.5. The molecule has 0 bridgehead atoms. The molecule has 10 atom stereocenters. The van der Waals surface area contributed by atoms with Crippen LogP contribution < -0.4 is 10.2 Å². The highest BCUT2D eigenvalue weighted by Crippen LogP contribution is 2.68. The molecule has 4 fully saturated rings. The van der Waals surface area contributed by atoms with Gasteiger partial charge in [-0.1, -0.05) is 32.9 Å². The minimum Gasteiger partial charge on any atom is -0.496 e. The predicted octanol–water partition coefficient (Wildman–Crippen LogP) is 5.86. The van der Waals surface area contributed by atoms with Gasteiger partial charge in [-0.2, -0.15) is 5.10 Å². The van der Waals surface area contributed by atoms with Crippen LogP contribution in [0.3, 0.4) is 0 Å². The number of methoxy groups -OCH3 is 1. The van der Waals surface area contributed by atoms with E-state index in [1.165, 1.54) is 25.7 Å². The van der Waals surface area contributed by atoms with Crippen molar-refractivity contribution in [1.29, 1.82) is 0 Å². The topological polar surface area (TPSA) is 91.2 Å². The fraction of sp³-hybridized carbons (Fsp3) is 0.758. The lowest BCUT2D eigenvalue weighted by Gasteiger charge is -2.62. The lowest BCUT2D eigenvalue weighted by atomic mass is 9.43. The molecule has 0 saturated heterocycles. The third-order valence-electron chi connectivity index (χ3n) is 12.1. The van der Waals surface area contributed by atoms with Crippen LogP contribution in [0.25, 0.3) is 0 Å². The number of nitrogens with one attached hydrogen (secondary N) is 1. The molecule has 0 spiro atoms. The Morgan fingerprint density at radius 1 is 1.13 bits per heavy atom. The van der Waals surface area contributed by atoms with Crippen LogP contribution in [-0.2, 0) is 4.79 Å². The van der Waals surface area contributed by atoms with Crippen molar-refractivity contribution in [1.82, 2.24) is 5.43 Å². The molecule has 0 aromatic heterocycles. The summed E-state index contributed by atoms with van der Waals surface area (Å²) in [4.78, 5) is 12.6. The van der Waals surface area contributed by atoms with Crippen LogP contribution in [0.15, 0.2) is 23.3 Å². The molecule has 1 aromatic rings. The molecular weight excluding hydrogens is 488 g/mol. The number of carbonyl (C=O) groups is 1. The van der Waals surface area contributed by atoms with E-state index in [1.807, 2.05) is 25.1 Å². The van der Waals surface area contributed by atoms with Gasteiger partial charge in [0, 0.05) is 6.42 Å². The number of fused-ring (bicyclic) bond motifs is 5. The molecule has 4 aliphatic carbocycles. The number of benzene rings is 1. The van der Waals surface area contributed by atoms with E-state index in [9.17, 15) is 15.0 Å². The normalized spacial score (nSPS) is 40.4. The van der Waals surface area contributed by atoms with Crippen molar-refractivity contribution in [3.63, 3.8) is 0 Å². The Morgan fingerprint density at radius 2 is 1.87 bits per heavy atom. The van der Waals surface area contributed by atoms with Crippen molar-refractivity contribution in [2.24, 2.45) is 51.4 Å². The Labute approximate surface area is 235 Å². The molecule has 0 aliphatic heterocycles. The van der Waals surface area contributed by atoms with Gasteiger partial charge in [-0.05, 0) is 128 Å². The summed E-state index contributed by atoms with van der Waals surface area (Å²) in [5.74, 6) is 3.79. The van der Waals surface area contributed by atoms with Gasteiger partial charge in [-0.3, -0.25) is 4.79 Å². The predicted molar refractivity (Wildman–Crippen MR) is 154 cm³/mol. The Bertz CT molecular complexity index is 1070.